The van der Waals surface area contributed by atoms with E-state index in [0.717, 1.165) is 5.69 Å². The number of rotatable bonds is 2. The van der Waals surface area contributed by atoms with Crippen LogP contribution in [0.4, 0.5) is 5.69 Å². The molecule has 1 aromatic carbocycles. The number of amides is 1. The predicted molar refractivity (Wildman–Crippen MR) is 76.2 cm³/mol. The third kappa shape index (κ3) is 3.55. The lowest BCUT2D eigenvalue weighted by Crippen LogP contribution is -2.35. The van der Waals surface area contributed by atoms with Crippen LogP contribution in [0.25, 0.3) is 0 Å². The zero-order valence-electron chi connectivity index (χ0n) is 11.7. The van der Waals surface area contributed by atoms with Gasteiger partial charge in [-0.05, 0) is 29.5 Å². The molecule has 1 aliphatic rings. The van der Waals surface area contributed by atoms with Crippen LogP contribution in [0.5, 0.6) is 0 Å². The molecule has 1 saturated heterocycles. The van der Waals surface area contributed by atoms with Crippen molar-refractivity contribution in [2.45, 2.75) is 44.8 Å². The zero-order chi connectivity index (χ0) is 14.0. The van der Waals surface area contributed by atoms with Crippen molar-refractivity contribution in [3.05, 3.63) is 29.8 Å². The number of benzene rings is 1. The highest BCUT2D eigenvalue weighted by Crippen LogP contribution is 2.23. The highest BCUT2D eigenvalue weighted by atomic mass is 16.3. The van der Waals surface area contributed by atoms with E-state index in [9.17, 15) is 9.90 Å². The fourth-order valence-electron chi connectivity index (χ4n) is 2.20. The van der Waals surface area contributed by atoms with Crippen LogP contribution in [0.2, 0.25) is 0 Å². The summed E-state index contributed by atoms with van der Waals surface area (Å²) in [6.07, 6.45) is 0.0605. The molecule has 0 aliphatic carbocycles. The van der Waals surface area contributed by atoms with E-state index in [1.54, 1.807) is 0 Å². The first-order valence-corrected chi connectivity index (χ1v) is 6.69. The number of nitrogens with one attached hydrogen (secondary N) is 2. The first kappa shape index (κ1) is 14.0. The van der Waals surface area contributed by atoms with Crippen LogP contribution in [0, 0.1) is 0 Å². The van der Waals surface area contributed by atoms with Crippen LogP contribution < -0.4 is 10.6 Å². The molecule has 1 aliphatic heterocycles. The van der Waals surface area contributed by atoms with Crippen molar-refractivity contribution >= 4 is 11.6 Å². The molecule has 0 radical (unpaired) electrons. The maximum absolute atomic E-state index is 12.0. The molecule has 1 heterocycles. The number of carbonyl (C=O) groups excluding carboxylic acids is 1. The standard InChI is InChI=1S/C15H22N2O2/c1-15(2,3)10-4-6-11(7-5-10)17-14(19)13-8-12(18)9-16-13/h4-7,12-13,16,18H,8-9H2,1-3H3,(H,17,19). The summed E-state index contributed by atoms with van der Waals surface area (Å²) in [7, 11) is 0. The Morgan fingerprint density at radius 1 is 1.32 bits per heavy atom. The van der Waals surface area contributed by atoms with E-state index in [4.69, 9.17) is 0 Å². The van der Waals surface area contributed by atoms with E-state index < -0.39 is 6.10 Å². The van der Waals surface area contributed by atoms with Crippen molar-refractivity contribution < 1.29 is 9.90 Å². The maximum Gasteiger partial charge on any atom is 0.241 e. The van der Waals surface area contributed by atoms with Gasteiger partial charge in [-0.3, -0.25) is 4.79 Å². The average Bonchev–Trinajstić information content (AvgIpc) is 2.75. The lowest BCUT2D eigenvalue weighted by Gasteiger charge is -2.19. The summed E-state index contributed by atoms with van der Waals surface area (Å²) in [6.45, 7) is 6.96. The molecule has 0 spiro atoms. The van der Waals surface area contributed by atoms with Crippen LogP contribution in [-0.4, -0.2) is 29.7 Å². The second-order valence-corrected chi connectivity index (χ2v) is 6.17. The van der Waals surface area contributed by atoms with Crippen molar-refractivity contribution in [2.24, 2.45) is 0 Å². The van der Waals surface area contributed by atoms with E-state index in [0.29, 0.717) is 13.0 Å². The van der Waals surface area contributed by atoms with Crippen molar-refractivity contribution in [1.29, 1.82) is 0 Å². The molecule has 0 saturated carbocycles. The molecule has 4 heteroatoms. The SMILES string of the molecule is CC(C)(C)c1ccc(NC(=O)C2CC(O)CN2)cc1. The number of hydrogen-bond acceptors (Lipinski definition) is 3. The lowest BCUT2D eigenvalue weighted by molar-refractivity contribution is -0.117. The van der Waals surface area contributed by atoms with Gasteiger partial charge < -0.3 is 15.7 Å². The zero-order valence-corrected chi connectivity index (χ0v) is 11.7. The van der Waals surface area contributed by atoms with Gasteiger partial charge in [0.25, 0.3) is 0 Å². The first-order chi connectivity index (χ1) is 8.86. The third-order valence-electron chi connectivity index (χ3n) is 3.44. The summed E-state index contributed by atoms with van der Waals surface area (Å²) in [5.74, 6) is -0.0833. The fourth-order valence-corrected chi connectivity index (χ4v) is 2.20. The molecule has 2 rings (SSSR count). The van der Waals surface area contributed by atoms with Gasteiger partial charge in [0.1, 0.15) is 0 Å². The Hall–Kier alpha value is -1.39. The molecule has 0 bridgehead atoms. The highest BCUT2D eigenvalue weighted by Gasteiger charge is 2.27. The Morgan fingerprint density at radius 3 is 2.42 bits per heavy atom. The van der Waals surface area contributed by atoms with Gasteiger partial charge in [0.15, 0.2) is 0 Å². The van der Waals surface area contributed by atoms with Gasteiger partial charge in [-0.2, -0.15) is 0 Å². The summed E-state index contributed by atoms with van der Waals surface area (Å²) < 4.78 is 0. The van der Waals surface area contributed by atoms with Gasteiger partial charge in [0.2, 0.25) is 5.91 Å². The molecule has 4 nitrogen and oxygen atoms in total. The van der Waals surface area contributed by atoms with Gasteiger partial charge in [-0.25, -0.2) is 0 Å². The van der Waals surface area contributed by atoms with E-state index in [1.165, 1.54) is 5.56 Å². The Labute approximate surface area is 114 Å². The van der Waals surface area contributed by atoms with E-state index in [1.807, 2.05) is 24.3 Å². The number of β-amino-alcohol motifs (C(OH)–C–C–N with tert-alkyl or cyclic N) is 1. The largest absolute Gasteiger partial charge is 0.392 e. The van der Waals surface area contributed by atoms with E-state index in [-0.39, 0.29) is 17.4 Å². The highest BCUT2D eigenvalue weighted by molar-refractivity contribution is 5.95. The number of hydrogen-bond donors (Lipinski definition) is 3. The quantitative estimate of drug-likeness (QED) is 0.759. The summed E-state index contributed by atoms with van der Waals surface area (Å²) in [5, 5.41) is 15.3. The molecule has 104 valence electrons. The molecule has 1 amide bonds. The van der Waals surface area contributed by atoms with Crippen LogP contribution >= 0.6 is 0 Å². The topological polar surface area (TPSA) is 61.4 Å². The van der Waals surface area contributed by atoms with Crippen LogP contribution in [0.15, 0.2) is 24.3 Å². The molecule has 1 fully saturated rings. The number of aliphatic hydroxyl groups is 1. The second kappa shape index (κ2) is 5.31. The Kier molecular flexibility index (Phi) is 3.92. The normalized spacial score (nSPS) is 23.4. The smallest absolute Gasteiger partial charge is 0.241 e. The molecular weight excluding hydrogens is 240 g/mol. The second-order valence-electron chi connectivity index (χ2n) is 6.17. The van der Waals surface area contributed by atoms with Crippen molar-refractivity contribution in [1.82, 2.24) is 5.32 Å². The van der Waals surface area contributed by atoms with Crippen molar-refractivity contribution in [2.75, 3.05) is 11.9 Å². The Balaban J connectivity index is 1.98. The van der Waals surface area contributed by atoms with Crippen LogP contribution in [-0.2, 0) is 10.2 Å². The van der Waals surface area contributed by atoms with Gasteiger partial charge in [-0.1, -0.05) is 32.9 Å². The minimum absolute atomic E-state index is 0.0833. The molecule has 3 N–H and O–H groups in total. The number of carbonyl (C=O) groups is 1. The predicted octanol–water partition coefficient (Wildman–Crippen LogP) is 1.65. The monoisotopic (exact) mass is 262 g/mol. The molecular formula is C15H22N2O2. The van der Waals surface area contributed by atoms with Gasteiger partial charge in [-0.15, -0.1) is 0 Å². The van der Waals surface area contributed by atoms with Gasteiger partial charge in [0, 0.05) is 12.2 Å². The lowest BCUT2D eigenvalue weighted by atomic mass is 9.87. The van der Waals surface area contributed by atoms with Gasteiger partial charge in [0.05, 0.1) is 12.1 Å². The summed E-state index contributed by atoms with van der Waals surface area (Å²) >= 11 is 0. The molecule has 2 atom stereocenters. The Bertz CT molecular complexity index is 448. The summed E-state index contributed by atoms with van der Waals surface area (Å²) in [5.41, 5.74) is 2.14. The average molecular weight is 262 g/mol. The molecule has 2 unspecified atom stereocenters. The fraction of sp³-hybridized carbons (Fsp3) is 0.533. The van der Waals surface area contributed by atoms with Crippen LogP contribution in [0.1, 0.15) is 32.8 Å². The minimum atomic E-state index is -0.418. The molecule has 19 heavy (non-hydrogen) atoms. The van der Waals surface area contributed by atoms with Crippen LogP contribution in [0.3, 0.4) is 0 Å². The van der Waals surface area contributed by atoms with Crippen molar-refractivity contribution in [3.63, 3.8) is 0 Å². The molecule has 0 aromatic heterocycles. The number of aliphatic hydroxyl groups excluding tert-OH is 1. The third-order valence-corrected chi connectivity index (χ3v) is 3.44. The maximum atomic E-state index is 12.0. The number of anilines is 1. The first-order valence-electron chi connectivity index (χ1n) is 6.69. The molecule has 1 aromatic rings. The minimum Gasteiger partial charge on any atom is -0.392 e. The van der Waals surface area contributed by atoms with Crippen molar-refractivity contribution in [3.8, 4) is 0 Å². The van der Waals surface area contributed by atoms with Gasteiger partial charge >= 0.3 is 0 Å². The van der Waals surface area contributed by atoms with E-state index in [2.05, 4.69) is 31.4 Å². The summed E-state index contributed by atoms with van der Waals surface area (Å²) in [6, 6.07) is 7.62. The van der Waals surface area contributed by atoms with E-state index >= 15 is 0 Å². The Morgan fingerprint density at radius 2 is 1.95 bits per heavy atom. The summed E-state index contributed by atoms with van der Waals surface area (Å²) in [4.78, 5) is 12.0.